The molecule has 2 aromatic carbocycles. The summed E-state index contributed by atoms with van der Waals surface area (Å²) in [5, 5.41) is 17.2. The van der Waals surface area contributed by atoms with Gasteiger partial charge in [0, 0.05) is 17.8 Å². The summed E-state index contributed by atoms with van der Waals surface area (Å²) >= 11 is 1.27. The number of carbonyl (C=O) groups is 1. The molecule has 0 aliphatic heterocycles. The Labute approximate surface area is 199 Å². The molecule has 0 aliphatic carbocycles. The van der Waals surface area contributed by atoms with E-state index in [9.17, 15) is 13.2 Å². The third-order valence-corrected chi connectivity index (χ3v) is 7.17. The van der Waals surface area contributed by atoms with Gasteiger partial charge in [0.2, 0.25) is 15.9 Å². The summed E-state index contributed by atoms with van der Waals surface area (Å²) in [6, 6.07) is 12.9. The van der Waals surface area contributed by atoms with Crippen molar-refractivity contribution in [2.75, 3.05) is 11.1 Å². The zero-order chi connectivity index (χ0) is 24.4. The number of rotatable bonds is 7. The summed E-state index contributed by atoms with van der Waals surface area (Å²) < 4.78 is 25.4. The van der Waals surface area contributed by atoms with Gasteiger partial charge in [-0.1, -0.05) is 62.9 Å². The minimum Gasteiger partial charge on any atom is -0.325 e. The molecule has 8 nitrogen and oxygen atoms in total. The van der Waals surface area contributed by atoms with Crippen LogP contribution in [0.2, 0.25) is 0 Å². The van der Waals surface area contributed by atoms with E-state index in [1.54, 1.807) is 19.1 Å². The molecule has 10 heteroatoms. The molecule has 1 aromatic heterocycles. The second kappa shape index (κ2) is 9.66. The number of benzene rings is 2. The molecule has 0 radical (unpaired) electrons. The van der Waals surface area contributed by atoms with E-state index >= 15 is 0 Å². The fraction of sp³-hybridized carbons (Fsp3) is 0.348. The molecule has 3 aromatic rings. The number of hydrogen-bond donors (Lipinski definition) is 2. The Morgan fingerprint density at radius 3 is 2.36 bits per heavy atom. The lowest BCUT2D eigenvalue weighted by atomic mass is 9.87. The van der Waals surface area contributed by atoms with Gasteiger partial charge in [-0.3, -0.25) is 4.79 Å². The Bertz CT molecular complexity index is 1260. The lowest BCUT2D eigenvalue weighted by Gasteiger charge is -2.19. The third kappa shape index (κ3) is 6.01. The molecule has 0 saturated carbocycles. The molecule has 1 heterocycles. The highest BCUT2D eigenvalue weighted by molar-refractivity contribution is 7.99. The Hall–Kier alpha value is -2.69. The van der Waals surface area contributed by atoms with Crippen LogP contribution in [0.3, 0.4) is 0 Å². The van der Waals surface area contributed by atoms with Gasteiger partial charge in [0.25, 0.3) is 0 Å². The van der Waals surface area contributed by atoms with Crippen LogP contribution in [0, 0.1) is 6.92 Å². The van der Waals surface area contributed by atoms with E-state index in [0.29, 0.717) is 23.0 Å². The van der Waals surface area contributed by atoms with Crippen molar-refractivity contribution >= 4 is 33.4 Å². The molecule has 1 amide bonds. The van der Waals surface area contributed by atoms with Crippen LogP contribution in [0.1, 0.15) is 38.8 Å². The normalized spacial score (nSPS) is 12.1. The van der Waals surface area contributed by atoms with Gasteiger partial charge >= 0.3 is 0 Å². The van der Waals surface area contributed by atoms with E-state index < -0.39 is 10.0 Å². The van der Waals surface area contributed by atoms with E-state index in [2.05, 4.69) is 48.4 Å². The van der Waals surface area contributed by atoms with Crippen molar-refractivity contribution in [3.05, 3.63) is 53.6 Å². The van der Waals surface area contributed by atoms with Crippen LogP contribution in [0.15, 0.2) is 52.5 Å². The Morgan fingerprint density at radius 1 is 1.12 bits per heavy atom. The summed E-state index contributed by atoms with van der Waals surface area (Å²) in [6.07, 6.45) is 0. The molecule has 33 heavy (non-hydrogen) atoms. The summed E-state index contributed by atoms with van der Waals surface area (Å²) in [6.45, 7) is 10.8. The molecule has 0 aliphatic rings. The summed E-state index contributed by atoms with van der Waals surface area (Å²) in [5.41, 5.74) is 3.15. The van der Waals surface area contributed by atoms with Crippen LogP contribution in [0.4, 0.5) is 5.69 Å². The van der Waals surface area contributed by atoms with Gasteiger partial charge in [-0.05, 0) is 42.5 Å². The molecule has 3 rings (SSSR count). The first-order chi connectivity index (χ1) is 15.4. The van der Waals surface area contributed by atoms with E-state index in [1.807, 2.05) is 23.6 Å². The Morgan fingerprint density at radius 2 is 1.79 bits per heavy atom. The molecule has 0 unspecified atom stereocenters. The second-order valence-electron chi connectivity index (χ2n) is 8.74. The molecule has 176 valence electrons. The van der Waals surface area contributed by atoms with Crippen molar-refractivity contribution in [2.24, 2.45) is 5.14 Å². The van der Waals surface area contributed by atoms with Gasteiger partial charge in [-0.15, -0.1) is 10.2 Å². The SMILES string of the molecule is CCn1c(SCC(=O)Nc2ccc(C)c(S(N)(=O)=O)c2)nnc1-c1ccc(C(C)(C)C)cc1. The van der Waals surface area contributed by atoms with Gasteiger partial charge < -0.3 is 9.88 Å². The highest BCUT2D eigenvalue weighted by Gasteiger charge is 2.18. The first kappa shape index (κ1) is 24.9. The lowest BCUT2D eigenvalue weighted by molar-refractivity contribution is -0.113. The second-order valence-corrected chi connectivity index (χ2v) is 11.2. The van der Waals surface area contributed by atoms with Gasteiger partial charge in [-0.2, -0.15) is 0 Å². The van der Waals surface area contributed by atoms with Gasteiger partial charge in [0.1, 0.15) is 0 Å². The predicted molar refractivity (Wildman–Crippen MR) is 132 cm³/mol. The average Bonchev–Trinajstić information content (AvgIpc) is 3.15. The average molecular weight is 488 g/mol. The van der Waals surface area contributed by atoms with Crippen LogP contribution in [-0.4, -0.2) is 34.8 Å². The fourth-order valence-electron chi connectivity index (χ4n) is 3.32. The molecular weight excluding hydrogens is 458 g/mol. The third-order valence-electron chi connectivity index (χ3n) is 5.15. The minimum absolute atomic E-state index is 0.0131. The summed E-state index contributed by atoms with van der Waals surface area (Å²) in [5.74, 6) is 0.558. The van der Waals surface area contributed by atoms with Crippen molar-refractivity contribution < 1.29 is 13.2 Å². The number of primary sulfonamides is 1. The summed E-state index contributed by atoms with van der Waals surface area (Å²) in [7, 11) is -3.87. The highest BCUT2D eigenvalue weighted by atomic mass is 32.2. The van der Waals surface area contributed by atoms with Gasteiger partial charge in [0.15, 0.2) is 11.0 Å². The number of nitrogens with two attached hydrogens (primary N) is 1. The smallest absolute Gasteiger partial charge is 0.238 e. The van der Waals surface area contributed by atoms with Crippen molar-refractivity contribution in [3.8, 4) is 11.4 Å². The maximum Gasteiger partial charge on any atom is 0.238 e. The van der Waals surface area contributed by atoms with E-state index in [1.165, 1.54) is 23.4 Å². The molecule has 0 spiro atoms. The van der Waals surface area contributed by atoms with Crippen LogP contribution >= 0.6 is 11.8 Å². The molecule has 0 bridgehead atoms. The van der Waals surface area contributed by atoms with Gasteiger partial charge in [0.05, 0.1) is 10.6 Å². The van der Waals surface area contributed by atoms with Crippen molar-refractivity contribution in [2.45, 2.75) is 56.6 Å². The minimum atomic E-state index is -3.87. The number of nitrogens with one attached hydrogen (secondary N) is 1. The van der Waals surface area contributed by atoms with Crippen LogP contribution in [0.25, 0.3) is 11.4 Å². The number of amides is 1. The van der Waals surface area contributed by atoms with Gasteiger partial charge in [-0.25, -0.2) is 13.6 Å². The highest BCUT2D eigenvalue weighted by Crippen LogP contribution is 2.28. The molecule has 0 atom stereocenters. The topological polar surface area (TPSA) is 120 Å². The maximum atomic E-state index is 12.5. The van der Waals surface area contributed by atoms with Crippen molar-refractivity contribution in [3.63, 3.8) is 0 Å². The molecular formula is C23H29N5O3S2. The quantitative estimate of drug-likeness (QED) is 0.487. The number of carbonyl (C=O) groups excluding carboxylic acids is 1. The molecule has 0 saturated heterocycles. The monoisotopic (exact) mass is 487 g/mol. The first-order valence-electron chi connectivity index (χ1n) is 10.5. The number of anilines is 1. The Balaban J connectivity index is 1.71. The first-order valence-corrected chi connectivity index (χ1v) is 13.0. The maximum absolute atomic E-state index is 12.5. The lowest BCUT2D eigenvalue weighted by Crippen LogP contribution is -2.17. The van der Waals surface area contributed by atoms with Crippen LogP contribution < -0.4 is 10.5 Å². The Kier molecular flexibility index (Phi) is 7.30. The zero-order valence-corrected chi connectivity index (χ0v) is 21.0. The number of nitrogens with zero attached hydrogens (tertiary/aromatic N) is 3. The van der Waals surface area contributed by atoms with Crippen LogP contribution in [0.5, 0.6) is 0 Å². The predicted octanol–water partition coefficient (Wildman–Crippen LogP) is 3.95. The molecule has 3 N–H and O–H groups in total. The number of sulfonamides is 1. The van der Waals surface area contributed by atoms with E-state index in [4.69, 9.17) is 5.14 Å². The molecule has 0 fully saturated rings. The van der Waals surface area contributed by atoms with E-state index in [0.717, 1.165) is 11.4 Å². The van der Waals surface area contributed by atoms with E-state index in [-0.39, 0.29) is 22.0 Å². The standard InChI is InChI=1S/C23H29N5O3S2/c1-6-28-21(16-8-10-17(11-9-16)23(3,4)5)26-27-22(28)32-14-20(29)25-18-12-7-15(2)19(13-18)33(24,30)31/h7-13H,6,14H2,1-5H3,(H,25,29)(H2,24,30,31). The van der Waals surface area contributed by atoms with Crippen LogP contribution in [-0.2, 0) is 26.8 Å². The summed E-state index contributed by atoms with van der Waals surface area (Å²) in [4.78, 5) is 12.5. The number of aromatic nitrogens is 3. The fourth-order valence-corrected chi connectivity index (χ4v) is 4.94. The number of aryl methyl sites for hydroxylation is 1. The largest absolute Gasteiger partial charge is 0.325 e. The number of hydrogen-bond acceptors (Lipinski definition) is 6. The van der Waals surface area contributed by atoms with Crippen molar-refractivity contribution in [1.29, 1.82) is 0 Å². The zero-order valence-electron chi connectivity index (χ0n) is 19.4. The number of thioether (sulfide) groups is 1. The van der Waals surface area contributed by atoms with Crippen molar-refractivity contribution in [1.82, 2.24) is 14.8 Å².